The van der Waals surface area contributed by atoms with Crippen LogP contribution in [0, 0.1) is 4.91 Å². The summed E-state index contributed by atoms with van der Waals surface area (Å²) in [7, 11) is 0. The molecule has 0 radical (unpaired) electrons. The van der Waals surface area contributed by atoms with Crippen molar-refractivity contribution < 1.29 is 0 Å². The van der Waals surface area contributed by atoms with E-state index in [1.807, 2.05) is 72.8 Å². The molecule has 0 saturated carbocycles. The van der Waals surface area contributed by atoms with Gasteiger partial charge in [0.2, 0.25) is 0 Å². The summed E-state index contributed by atoms with van der Waals surface area (Å²) in [5.41, 5.74) is 5.37. The summed E-state index contributed by atoms with van der Waals surface area (Å²) in [5, 5.41) is 2.96. The van der Waals surface area contributed by atoms with Crippen molar-refractivity contribution in [1.29, 1.82) is 0 Å². The van der Waals surface area contributed by atoms with Crippen molar-refractivity contribution in [3.63, 3.8) is 0 Å². The normalized spacial score (nSPS) is 11.0. The van der Waals surface area contributed by atoms with Gasteiger partial charge in [0.05, 0.1) is 11.4 Å². The van der Waals surface area contributed by atoms with Crippen LogP contribution in [0.4, 0.5) is 5.69 Å². The minimum Gasteiger partial charge on any atom is -0.354 e. The largest absolute Gasteiger partial charge is 0.354 e. The lowest BCUT2D eigenvalue weighted by Gasteiger charge is -2.13. The average molecular weight is 420 g/mol. The smallest absolute Gasteiger partial charge is 0.278 e. The zero-order valence-corrected chi connectivity index (χ0v) is 17.2. The standard InChI is InChI=1S/C26H20N4O2/c31-26-23(16-19-9-5-2-6-10-19)28-25-22(15-18-7-3-1-4-8-18)27-24(17-30(25)26)20-11-13-21(29-32)14-12-20/h1-14,17,27H,15-16H2. The SMILES string of the molecule is O=Nc1ccc(-c2cn3c(=O)c(Cc4ccccc4)nc-3c(Cc3ccccc3)[nH]2)cc1. The van der Waals surface area contributed by atoms with E-state index in [0.717, 1.165) is 28.1 Å². The van der Waals surface area contributed by atoms with Crippen molar-refractivity contribution >= 4 is 5.69 Å². The predicted octanol–water partition coefficient (Wildman–Crippen LogP) is 5.24. The second kappa shape index (κ2) is 8.43. The maximum absolute atomic E-state index is 13.3. The number of nitrogens with one attached hydrogen (secondary N) is 1. The third-order valence-electron chi connectivity index (χ3n) is 5.47. The minimum atomic E-state index is -0.125. The molecule has 0 bridgehead atoms. The third-order valence-corrected chi connectivity index (χ3v) is 5.47. The Labute approximate surface area is 184 Å². The molecule has 2 aliphatic rings. The Morgan fingerprint density at radius 1 is 0.812 bits per heavy atom. The number of imidazole rings is 1. The van der Waals surface area contributed by atoms with Crippen LogP contribution in [0.5, 0.6) is 0 Å². The third kappa shape index (κ3) is 3.86. The fraction of sp³-hybridized carbons (Fsp3) is 0.0769. The van der Waals surface area contributed by atoms with Crippen molar-refractivity contribution in [3.05, 3.63) is 129 Å². The molecule has 6 heteroatoms. The van der Waals surface area contributed by atoms with Gasteiger partial charge in [-0.3, -0.25) is 9.36 Å². The van der Waals surface area contributed by atoms with Gasteiger partial charge < -0.3 is 4.98 Å². The zero-order valence-electron chi connectivity index (χ0n) is 17.2. The van der Waals surface area contributed by atoms with Crippen molar-refractivity contribution in [2.24, 2.45) is 5.18 Å². The Hall–Kier alpha value is -4.32. The molecule has 0 saturated heterocycles. The van der Waals surface area contributed by atoms with Crippen molar-refractivity contribution in [2.45, 2.75) is 12.8 Å². The molecule has 3 aromatic carbocycles. The van der Waals surface area contributed by atoms with E-state index in [2.05, 4.69) is 10.2 Å². The molecule has 32 heavy (non-hydrogen) atoms. The lowest BCUT2D eigenvalue weighted by atomic mass is 10.1. The summed E-state index contributed by atoms with van der Waals surface area (Å²) < 4.78 is 1.62. The Kier molecular flexibility index (Phi) is 5.17. The number of aromatic amines is 1. The van der Waals surface area contributed by atoms with Crippen LogP contribution >= 0.6 is 0 Å². The van der Waals surface area contributed by atoms with Crippen molar-refractivity contribution in [2.75, 3.05) is 0 Å². The molecule has 3 aromatic rings. The van der Waals surface area contributed by atoms with E-state index in [0.29, 0.717) is 30.0 Å². The molecule has 0 atom stereocenters. The van der Waals surface area contributed by atoms with Gasteiger partial charge in [0.25, 0.3) is 5.56 Å². The lowest BCUT2D eigenvalue weighted by Crippen LogP contribution is -2.17. The van der Waals surface area contributed by atoms with Crippen LogP contribution in [0.3, 0.4) is 0 Å². The summed E-state index contributed by atoms with van der Waals surface area (Å²) in [6, 6.07) is 26.9. The van der Waals surface area contributed by atoms with E-state index >= 15 is 0 Å². The molecule has 0 unspecified atom stereocenters. The highest BCUT2D eigenvalue weighted by Crippen LogP contribution is 2.25. The highest BCUT2D eigenvalue weighted by atomic mass is 16.3. The molecule has 0 spiro atoms. The maximum Gasteiger partial charge on any atom is 0.278 e. The Morgan fingerprint density at radius 2 is 1.44 bits per heavy atom. The number of rotatable bonds is 6. The molecule has 0 amide bonds. The molecule has 1 N–H and O–H groups in total. The predicted molar refractivity (Wildman–Crippen MR) is 125 cm³/mol. The monoisotopic (exact) mass is 420 g/mol. The number of nitroso groups, excluding NO2 is 1. The zero-order chi connectivity index (χ0) is 21.9. The molecular weight excluding hydrogens is 400 g/mol. The first kappa shape index (κ1) is 19.6. The first-order valence-corrected chi connectivity index (χ1v) is 10.4. The van der Waals surface area contributed by atoms with Crippen LogP contribution in [0.1, 0.15) is 22.5 Å². The van der Waals surface area contributed by atoms with E-state index in [-0.39, 0.29) is 5.56 Å². The molecule has 0 aromatic heterocycles. The van der Waals surface area contributed by atoms with E-state index in [9.17, 15) is 9.70 Å². The Morgan fingerprint density at radius 3 is 2.06 bits per heavy atom. The molecule has 2 heterocycles. The minimum absolute atomic E-state index is 0.125. The highest BCUT2D eigenvalue weighted by molar-refractivity contribution is 5.62. The number of fused-ring (bicyclic) bond motifs is 1. The molecule has 2 aliphatic heterocycles. The first-order chi connectivity index (χ1) is 15.7. The number of benzene rings is 3. The summed E-state index contributed by atoms with van der Waals surface area (Å²) in [6.45, 7) is 0. The molecule has 0 aliphatic carbocycles. The van der Waals surface area contributed by atoms with E-state index in [1.54, 1.807) is 22.9 Å². The summed E-state index contributed by atoms with van der Waals surface area (Å²) in [6.07, 6.45) is 2.85. The van der Waals surface area contributed by atoms with Gasteiger partial charge in [0.15, 0.2) is 5.82 Å². The summed E-state index contributed by atoms with van der Waals surface area (Å²) >= 11 is 0. The van der Waals surface area contributed by atoms with Gasteiger partial charge in [-0.25, -0.2) is 4.98 Å². The number of hydrogen-bond donors (Lipinski definition) is 1. The Bertz CT molecular complexity index is 1390. The maximum atomic E-state index is 13.3. The molecule has 0 fully saturated rings. The molecular formula is C26H20N4O2. The van der Waals surface area contributed by atoms with Crippen molar-refractivity contribution in [3.8, 4) is 17.1 Å². The second-order valence-corrected chi connectivity index (χ2v) is 7.67. The van der Waals surface area contributed by atoms with Gasteiger partial charge in [0, 0.05) is 19.0 Å². The van der Waals surface area contributed by atoms with Gasteiger partial charge in [-0.1, -0.05) is 72.8 Å². The fourth-order valence-electron chi connectivity index (χ4n) is 3.85. The van der Waals surface area contributed by atoms with E-state index < -0.39 is 0 Å². The number of H-pyrrole nitrogens is 1. The fourth-order valence-corrected chi connectivity index (χ4v) is 3.85. The quantitative estimate of drug-likeness (QED) is 0.381. The van der Waals surface area contributed by atoms with Gasteiger partial charge >= 0.3 is 0 Å². The van der Waals surface area contributed by atoms with Gasteiger partial charge in [0.1, 0.15) is 11.4 Å². The van der Waals surface area contributed by atoms with Crippen LogP contribution in [0.2, 0.25) is 0 Å². The first-order valence-electron chi connectivity index (χ1n) is 10.4. The van der Waals surface area contributed by atoms with E-state index in [1.165, 1.54) is 0 Å². The van der Waals surface area contributed by atoms with Gasteiger partial charge in [-0.05, 0) is 34.0 Å². The molecule has 156 valence electrons. The van der Waals surface area contributed by atoms with Crippen LogP contribution < -0.4 is 5.56 Å². The molecule has 5 rings (SSSR count). The lowest BCUT2D eigenvalue weighted by molar-refractivity contribution is 0.914. The number of hydrogen-bond acceptors (Lipinski definition) is 4. The van der Waals surface area contributed by atoms with Crippen LogP contribution in [-0.4, -0.2) is 14.5 Å². The average Bonchev–Trinajstić information content (AvgIpc) is 3.16. The van der Waals surface area contributed by atoms with Crippen LogP contribution in [0.15, 0.2) is 101 Å². The Balaban J connectivity index is 1.64. The number of aromatic nitrogens is 3. The van der Waals surface area contributed by atoms with Gasteiger partial charge in [-0.15, -0.1) is 4.91 Å². The van der Waals surface area contributed by atoms with Crippen LogP contribution in [-0.2, 0) is 12.8 Å². The summed E-state index contributed by atoms with van der Waals surface area (Å²) in [5.74, 6) is 0.625. The van der Waals surface area contributed by atoms with Crippen LogP contribution in [0.25, 0.3) is 17.1 Å². The number of nitrogens with zero attached hydrogens (tertiary/aromatic N) is 3. The highest BCUT2D eigenvalue weighted by Gasteiger charge is 2.20. The van der Waals surface area contributed by atoms with Gasteiger partial charge in [-0.2, -0.15) is 0 Å². The summed E-state index contributed by atoms with van der Waals surface area (Å²) in [4.78, 5) is 32.2. The topological polar surface area (TPSA) is 80.1 Å². The second-order valence-electron chi connectivity index (χ2n) is 7.67. The molecule has 6 nitrogen and oxygen atoms in total. The van der Waals surface area contributed by atoms with E-state index in [4.69, 9.17) is 4.98 Å². The van der Waals surface area contributed by atoms with Crippen molar-refractivity contribution in [1.82, 2.24) is 14.5 Å².